The number of aliphatic hydroxyl groups is 1. The monoisotopic (exact) mass is 367 g/mol. The summed E-state index contributed by atoms with van der Waals surface area (Å²) in [4.78, 5) is 2.43. The third-order valence-corrected chi connectivity index (χ3v) is 5.59. The number of benzene rings is 2. The Labute approximate surface area is 164 Å². The summed E-state index contributed by atoms with van der Waals surface area (Å²) in [6.07, 6.45) is 0.736. The van der Waals surface area contributed by atoms with E-state index in [1.54, 1.807) is 0 Å². The summed E-state index contributed by atoms with van der Waals surface area (Å²) in [5.41, 5.74) is 2.54. The van der Waals surface area contributed by atoms with E-state index in [9.17, 15) is 5.11 Å². The Hall–Kier alpha value is -1.68. The minimum atomic E-state index is -0.901. The van der Waals surface area contributed by atoms with Gasteiger partial charge < -0.3 is 9.84 Å². The van der Waals surface area contributed by atoms with Crippen molar-refractivity contribution in [1.82, 2.24) is 4.90 Å². The second kappa shape index (κ2) is 9.01. The number of morpholine rings is 1. The molecular weight excluding hydrogens is 334 g/mol. The third kappa shape index (κ3) is 4.98. The second-order valence-corrected chi connectivity index (χ2v) is 8.26. The van der Waals surface area contributed by atoms with E-state index >= 15 is 0 Å². The fourth-order valence-electron chi connectivity index (χ4n) is 4.19. The maximum atomic E-state index is 12.1. The highest BCUT2D eigenvalue weighted by atomic mass is 16.5. The molecule has 0 unspecified atom stereocenters. The first-order valence-corrected chi connectivity index (χ1v) is 10.1. The van der Waals surface area contributed by atoms with Crippen LogP contribution in [-0.4, -0.2) is 42.9 Å². The standard InChI is InChI=1S/C24H33NO2/c1-19(2)17-24(26,22-11-9-20(3)10-12-22)23(21-7-5-4-6-8-21)18-25-13-15-27-16-14-25/h4-12,19,23,26H,13-18H2,1-3H3/t23-,24+/m0/s1. The van der Waals surface area contributed by atoms with Crippen molar-refractivity contribution in [3.63, 3.8) is 0 Å². The van der Waals surface area contributed by atoms with Gasteiger partial charge in [-0.2, -0.15) is 0 Å². The lowest BCUT2D eigenvalue weighted by molar-refractivity contribution is -0.0356. The molecule has 2 aromatic rings. The number of rotatable bonds is 7. The molecule has 0 spiro atoms. The summed E-state index contributed by atoms with van der Waals surface area (Å²) in [7, 11) is 0. The summed E-state index contributed by atoms with van der Waals surface area (Å²) < 4.78 is 5.53. The van der Waals surface area contributed by atoms with Crippen LogP contribution < -0.4 is 0 Å². The number of hydrogen-bond donors (Lipinski definition) is 1. The lowest BCUT2D eigenvalue weighted by Gasteiger charge is -2.42. The van der Waals surface area contributed by atoms with Gasteiger partial charge in [-0.1, -0.05) is 74.0 Å². The molecule has 3 heteroatoms. The van der Waals surface area contributed by atoms with Crippen LogP contribution in [0.3, 0.4) is 0 Å². The van der Waals surface area contributed by atoms with Crippen molar-refractivity contribution < 1.29 is 9.84 Å². The molecule has 1 aliphatic rings. The molecule has 0 amide bonds. The average molecular weight is 368 g/mol. The molecule has 1 heterocycles. The minimum Gasteiger partial charge on any atom is -0.384 e. The zero-order chi connectivity index (χ0) is 19.3. The largest absolute Gasteiger partial charge is 0.384 e. The molecule has 1 N–H and O–H groups in total. The Morgan fingerprint density at radius 3 is 2.22 bits per heavy atom. The van der Waals surface area contributed by atoms with Crippen LogP contribution in [0, 0.1) is 12.8 Å². The molecule has 146 valence electrons. The van der Waals surface area contributed by atoms with Gasteiger partial charge in [-0.25, -0.2) is 0 Å². The van der Waals surface area contributed by atoms with Crippen molar-refractivity contribution in [2.24, 2.45) is 5.92 Å². The van der Waals surface area contributed by atoms with Gasteiger partial charge in [0.2, 0.25) is 0 Å². The van der Waals surface area contributed by atoms with Crippen molar-refractivity contribution in [1.29, 1.82) is 0 Å². The van der Waals surface area contributed by atoms with Crippen LogP contribution >= 0.6 is 0 Å². The molecule has 0 saturated carbocycles. The van der Waals surface area contributed by atoms with Crippen LogP contribution in [0.5, 0.6) is 0 Å². The summed E-state index contributed by atoms with van der Waals surface area (Å²) in [6.45, 7) is 10.7. The van der Waals surface area contributed by atoms with Gasteiger partial charge in [0, 0.05) is 25.6 Å². The van der Waals surface area contributed by atoms with Crippen molar-refractivity contribution in [3.8, 4) is 0 Å². The quantitative estimate of drug-likeness (QED) is 0.790. The predicted molar refractivity (Wildman–Crippen MR) is 111 cm³/mol. The van der Waals surface area contributed by atoms with E-state index in [1.165, 1.54) is 11.1 Å². The second-order valence-electron chi connectivity index (χ2n) is 8.26. The van der Waals surface area contributed by atoms with Crippen LogP contribution in [0.15, 0.2) is 54.6 Å². The average Bonchev–Trinajstić information content (AvgIpc) is 2.67. The van der Waals surface area contributed by atoms with Crippen LogP contribution in [0.25, 0.3) is 0 Å². The first kappa shape index (κ1) is 20.1. The van der Waals surface area contributed by atoms with Gasteiger partial charge in [0.15, 0.2) is 0 Å². The van der Waals surface area contributed by atoms with Gasteiger partial charge in [0.05, 0.1) is 18.8 Å². The highest BCUT2D eigenvalue weighted by molar-refractivity contribution is 5.33. The molecule has 2 atom stereocenters. The zero-order valence-corrected chi connectivity index (χ0v) is 16.9. The summed E-state index contributed by atoms with van der Waals surface area (Å²) in [5.74, 6) is 0.411. The van der Waals surface area contributed by atoms with Crippen molar-refractivity contribution in [2.45, 2.75) is 38.7 Å². The van der Waals surface area contributed by atoms with Crippen molar-refractivity contribution in [3.05, 3.63) is 71.3 Å². The first-order chi connectivity index (χ1) is 13.0. The Balaban J connectivity index is 2.01. The van der Waals surface area contributed by atoms with Gasteiger partial charge in [-0.15, -0.1) is 0 Å². The number of ether oxygens (including phenoxy) is 1. The van der Waals surface area contributed by atoms with E-state index in [2.05, 4.69) is 74.2 Å². The van der Waals surface area contributed by atoms with Gasteiger partial charge in [-0.3, -0.25) is 4.90 Å². The third-order valence-electron chi connectivity index (χ3n) is 5.59. The lowest BCUT2D eigenvalue weighted by atomic mass is 9.72. The number of nitrogens with zero attached hydrogens (tertiary/aromatic N) is 1. The van der Waals surface area contributed by atoms with E-state index in [0.717, 1.165) is 44.8 Å². The Morgan fingerprint density at radius 1 is 1.00 bits per heavy atom. The summed E-state index contributed by atoms with van der Waals surface area (Å²) >= 11 is 0. The SMILES string of the molecule is Cc1ccc([C@](O)(CC(C)C)[C@@H](CN2CCOCC2)c2ccccc2)cc1. The van der Waals surface area contributed by atoms with Gasteiger partial charge in [-0.05, 0) is 30.4 Å². The topological polar surface area (TPSA) is 32.7 Å². The molecule has 0 radical (unpaired) electrons. The summed E-state index contributed by atoms with van der Waals surface area (Å²) in [6, 6.07) is 18.9. The highest BCUT2D eigenvalue weighted by Gasteiger charge is 2.40. The van der Waals surface area contributed by atoms with Crippen LogP contribution in [0.4, 0.5) is 0 Å². The van der Waals surface area contributed by atoms with E-state index in [0.29, 0.717) is 5.92 Å². The Bertz CT molecular complexity index is 692. The maximum absolute atomic E-state index is 12.1. The molecule has 3 nitrogen and oxygen atoms in total. The highest BCUT2D eigenvalue weighted by Crippen LogP contribution is 2.42. The molecular formula is C24H33NO2. The first-order valence-electron chi connectivity index (χ1n) is 10.1. The fraction of sp³-hybridized carbons (Fsp3) is 0.500. The lowest BCUT2D eigenvalue weighted by Crippen LogP contribution is -2.45. The molecule has 0 aromatic heterocycles. The van der Waals surface area contributed by atoms with E-state index < -0.39 is 5.60 Å². The van der Waals surface area contributed by atoms with Crippen LogP contribution in [0.2, 0.25) is 0 Å². The molecule has 3 rings (SSSR count). The number of hydrogen-bond acceptors (Lipinski definition) is 3. The normalized spacial score (nSPS) is 19.0. The van der Waals surface area contributed by atoms with E-state index in [4.69, 9.17) is 4.74 Å². The van der Waals surface area contributed by atoms with Crippen LogP contribution in [-0.2, 0) is 10.3 Å². The zero-order valence-electron chi connectivity index (χ0n) is 16.9. The Kier molecular flexibility index (Phi) is 6.69. The fourth-order valence-corrected chi connectivity index (χ4v) is 4.19. The van der Waals surface area contributed by atoms with E-state index in [1.807, 2.05) is 6.07 Å². The smallest absolute Gasteiger partial charge is 0.0979 e. The predicted octanol–water partition coefficient (Wildman–Crippen LogP) is 4.34. The molecule has 1 saturated heterocycles. The molecule has 0 bridgehead atoms. The van der Waals surface area contributed by atoms with Gasteiger partial charge in [0.1, 0.15) is 0 Å². The van der Waals surface area contributed by atoms with Crippen molar-refractivity contribution in [2.75, 3.05) is 32.8 Å². The molecule has 0 aliphatic carbocycles. The van der Waals surface area contributed by atoms with E-state index in [-0.39, 0.29) is 5.92 Å². The molecule has 27 heavy (non-hydrogen) atoms. The van der Waals surface area contributed by atoms with Crippen molar-refractivity contribution >= 4 is 0 Å². The minimum absolute atomic E-state index is 0.0157. The Morgan fingerprint density at radius 2 is 1.63 bits per heavy atom. The molecule has 1 fully saturated rings. The van der Waals surface area contributed by atoms with Gasteiger partial charge in [0.25, 0.3) is 0 Å². The van der Waals surface area contributed by atoms with Gasteiger partial charge >= 0.3 is 0 Å². The summed E-state index contributed by atoms with van der Waals surface area (Å²) in [5, 5.41) is 12.1. The maximum Gasteiger partial charge on any atom is 0.0979 e. The van der Waals surface area contributed by atoms with Crippen LogP contribution in [0.1, 0.15) is 42.9 Å². The number of aryl methyl sites for hydroxylation is 1. The molecule has 1 aliphatic heterocycles. The molecule has 2 aromatic carbocycles.